The molecule has 6 rings (SSSR count). The van der Waals surface area contributed by atoms with Crippen molar-refractivity contribution in [3.05, 3.63) is 158 Å². The molecule has 0 aliphatic carbocycles. The van der Waals surface area contributed by atoms with Crippen LogP contribution in [0.2, 0.25) is 10.0 Å². The van der Waals surface area contributed by atoms with Gasteiger partial charge in [0.25, 0.3) is 5.91 Å². The van der Waals surface area contributed by atoms with Gasteiger partial charge in [0.2, 0.25) is 5.90 Å². The second-order valence-electron chi connectivity index (χ2n) is 11.9. The van der Waals surface area contributed by atoms with Crippen LogP contribution in [0.4, 0.5) is 0 Å². The van der Waals surface area contributed by atoms with E-state index in [9.17, 15) is 4.79 Å². The molecule has 10 heteroatoms. The Morgan fingerprint density at radius 2 is 1.56 bits per heavy atom. The first kappa shape index (κ1) is 35.6. The van der Waals surface area contributed by atoms with Crippen molar-refractivity contribution in [1.29, 1.82) is 0 Å². The number of amides is 1. The fourth-order valence-electron chi connectivity index (χ4n) is 5.87. The van der Waals surface area contributed by atoms with Crippen LogP contribution in [0.1, 0.15) is 34.8 Å². The summed E-state index contributed by atoms with van der Waals surface area (Å²) in [5.41, 5.74) is 10.1. The van der Waals surface area contributed by atoms with E-state index in [1.807, 2.05) is 97.1 Å². The molecule has 256 valence electrons. The standard InChI is InChI=1S/C40H36BrCl2N3O4/c41-35-10-5-4-9-32(35)26-40(39(48)46-44-22-21-29-15-18-33(42)25-36(29)43)37(30-13-11-28(12-14-30)27-7-2-1-3-8-27)50-38(45-40)31-16-19-34(20-17-31)49-24-6-23-47/h1-5,7-20,25,37,44,47H,6,21-24,26H2,(H,46,48)/t37-,40-/m0/s1. The number of halogens is 3. The highest BCUT2D eigenvalue weighted by atomic mass is 79.9. The minimum atomic E-state index is -1.39. The Labute approximate surface area is 310 Å². The molecular weight excluding hydrogens is 737 g/mol. The molecular formula is C40H36BrCl2N3O4. The monoisotopic (exact) mass is 771 g/mol. The first-order chi connectivity index (χ1) is 24.4. The van der Waals surface area contributed by atoms with Crippen LogP contribution in [0, 0.1) is 0 Å². The summed E-state index contributed by atoms with van der Waals surface area (Å²) < 4.78 is 13.3. The molecule has 50 heavy (non-hydrogen) atoms. The minimum Gasteiger partial charge on any atom is -0.494 e. The first-order valence-electron chi connectivity index (χ1n) is 16.3. The topological polar surface area (TPSA) is 92.2 Å². The summed E-state index contributed by atoms with van der Waals surface area (Å²) in [4.78, 5) is 19.7. The predicted octanol–water partition coefficient (Wildman–Crippen LogP) is 8.55. The Kier molecular flexibility index (Phi) is 11.9. The number of aliphatic hydroxyl groups is 1. The van der Waals surface area contributed by atoms with Crippen molar-refractivity contribution in [2.24, 2.45) is 4.99 Å². The molecule has 7 nitrogen and oxygen atoms in total. The molecule has 0 radical (unpaired) electrons. The highest BCUT2D eigenvalue weighted by molar-refractivity contribution is 9.10. The van der Waals surface area contributed by atoms with Crippen LogP contribution in [0.15, 0.2) is 131 Å². The Morgan fingerprint density at radius 1 is 0.860 bits per heavy atom. The van der Waals surface area contributed by atoms with E-state index < -0.39 is 11.6 Å². The van der Waals surface area contributed by atoms with E-state index >= 15 is 0 Å². The van der Waals surface area contributed by atoms with Crippen molar-refractivity contribution >= 4 is 50.9 Å². The Balaban J connectivity index is 1.35. The fourth-order valence-corrected chi connectivity index (χ4v) is 6.80. The number of aliphatic imine (C=N–C) groups is 1. The highest BCUT2D eigenvalue weighted by Crippen LogP contribution is 2.43. The van der Waals surface area contributed by atoms with Gasteiger partial charge in [-0.1, -0.05) is 118 Å². The van der Waals surface area contributed by atoms with Crippen molar-refractivity contribution < 1.29 is 19.4 Å². The van der Waals surface area contributed by atoms with Gasteiger partial charge in [0.05, 0.1) is 6.61 Å². The van der Waals surface area contributed by atoms with Crippen molar-refractivity contribution in [2.75, 3.05) is 19.8 Å². The largest absolute Gasteiger partial charge is 0.494 e. The number of hydrazine groups is 1. The van der Waals surface area contributed by atoms with Gasteiger partial charge in [-0.2, -0.15) is 0 Å². The van der Waals surface area contributed by atoms with Crippen LogP contribution in [-0.2, 0) is 22.4 Å². The fraction of sp³-hybridized carbons (Fsp3) is 0.200. The Bertz CT molecular complexity index is 1940. The van der Waals surface area contributed by atoms with Crippen LogP contribution < -0.4 is 15.6 Å². The van der Waals surface area contributed by atoms with Crippen molar-refractivity contribution in [3.8, 4) is 16.9 Å². The van der Waals surface area contributed by atoms with Crippen LogP contribution in [-0.4, -0.2) is 42.2 Å². The lowest BCUT2D eigenvalue weighted by Crippen LogP contribution is -2.54. The number of ether oxygens (including phenoxy) is 2. The Hall–Kier alpha value is -4.18. The van der Waals surface area contributed by atoms with Crippen LogP contribution in [0.5, 0.6) is 5.75 Å². The minimum absolute atomic E-state index is 0.0574. The van der Waals surface area contributed by atoms with E-state index in [0.717, 1.165) is 32.3 Å². The van der Waals surface area contributed by atoms with Gasteiger partial charge in [0.15, 0.2) is 11.6 Å². The number of hydrogen-bond donors (Lipinski definition) is 3. The van der Waals surface area contributed by atoms with Gasteiger partial charge in [0, 0.05) is 46.1 Å². The molecule has 1 aliphatic heterocycles. The summed E-state index contributed by atoms with van der Waals surface area (Å²) in [5.74, 6) is 0.668. The molecule has 3 N–H and O–H groups in total. The summed E-state index contributed by atoms with van der Waals surface area (Å²) in [6.45, 7) is 0.881. The van der Waals surface area contributed by atoms with E-state index in [1.165, 1.54) is 0 Å². The van der Waals surface area contributed by atoms with E-state index in [0.29, 0.717) is 53.2 Å². The number of rotatable bonds is 14. The van der Waals surface area contributed by atoms with Gasteiger partial charge in [-0.3, -0.25) is 10.2 Å². The molecule has 0 aromatic heterocycles. The van der Waals surface area contributed by atoms with Crippen molar-refractivity contribution in [1.82, 2.24) is 10.9 Å². The molecule has 0 saturated carbocycles. The molecule has 0 fully saturated rings. The Morgan fingerprint density at radius 3 is 2.28 bits per heavy atom. The number of hydrogen-bond acceptors (Lipinski definition) is 6. The number of carbonyl (C=O) groups excluding carboxylic acids is 1. The summed E-state index contributed by atoms with van der Waals surface area (Å²) in [5, 5.41) is 10.3. The molecule has 5 aromatic rings. The second kappa shape index (κ2) is 16.7. The number of carbonyl (C=O) groups is 1. The quantitative estimate of drug-likeness (QED) is 0.0778. The summed E-state index contributed by atoms with van der Waals surface area (Å²) >= 11 is 16.2. The second-order valence-corrected chi connectivity index (χ2v) is 13.6. The number of nitrogens with zero attached hydrogens (tertiary/aromatic N) is 1. The zero-order chi connectivity index (χ0) is 34.9. The third kappa shape index (κ3) is 8.40. The smallest absolute Gasteiger partial charge is 0.266 e. The molecule has 0 unspecified atom stereocenters. The normalized spacial score (nSPS) is 16.8. The summed E-state index contributed by atoms with van der Waals surface area (Å²) in [7, 11) is 0. The SMILES string of the molecule is O=C(NNCCc1ccc(Cl)cc1Cl)[C@@]1(Cc2ccccc2Br)N=C(c2ccc(OCCCO)cc2)O[C@H]1c1ccc(-c2ccccc2)cc1. The van der Waals surface area contributed by atoms with Gasteiger partial charge >= 0.3 is 0 Å². The van der Waals surface area contributed by atoms with Gasteiger partial charge in [-0.25, -0.2) is 10.4 Å². The molecule has 0 saturated heterocycles. The molecule has 5 aromatic carbocycles. The van der Waals surface area contributed by atoms with Crippen molar-refractivity contribution in [3.63, 3.8) is 0 Å². The third-order valence-corrected chi connectivity index (χ3v) is 9.87. The van der Waals surface area contributed by atoms with Gasteiger partial charge in [0.1, 0.15) is 5.75 Å². The van der Waals surface area contributed by atoms with E-state index in [1.54, 1.807) is 12.1 Å². The average Bonchev–Trinajstić information content (AvgIpc) is 3.53. The van der Waals surface area contributed by atoms with E-state index in [4.69, 9.17) is 42.8 Å². The average molecular weight is 774 g/mol. The molecule has 0 bridgehead atoms. The molecule has 1 amide bonds. The van der Waals surface area contributed by atoms with Crippen LogP contribution in [0.3, 0.4) is 0 Å². The third-order valence-electron chi connectivity index (χ3n) is 8.50. The van der Waals surface area contributed by atoms with Crippen molar-refractivity contribution in [2.45, 2.75) is 30.9 Å². The van der Waals surface area contributed by atoms with E-state index in [-0.39, 0.29) is 18.9 Å². The zero-order valence-corrected chi connectivity index (χ0v) is 30.2. The molecule has 1 heterocycles. The number of aliphatic hydroxyl groups excluding tert-OH is 1. The van der Waals surface area contributed by atoms with Gasteiger partial charge in [-0.05, 0) is 76.7 Å². The van der Waals surface area contributed by atoms with Gasteiger partial charge < -0.3 is 14.6 Å². The first-order valence-corrected chi connectivity index (χ1v) is 17.9. The lowest BCUT2D eigenvalue weighted by Gasteiger charge is -2.31. The van der Waals surface area contributed by atoms with Crippen LogP contribution >= 0.6 is 39.1 Å². The maximum Gasteiger partial charge on any atom is 0.266 e. The lowest BCUT2D eigenvalue weighted by molar-refractivity contribution is -0.130. The van der Waals surface area contributed by atoms with Gasteiger partial charge in [-0.15, -0.1) is 0 Å². The molecule has 2 atom stereocenters. The summed E-state index contributed by atoms with van der Waals surface area (Å²) in [6.07, 6.45) is 0.593. The molecule has 0 spiro atoms. The zero-order valence-electron chi connectivity index (χ0n) is 27.1. The summed E-state index contributed by atoms with van der Waals surface area (Å²) in [6, 6.07) is 38.8. The molecule has 1 aliphatic rings. The number of nitrogens with one attached hydrogen (secondary N) is 2. The predicted molar refractivity (Wildman–Crippen MR) is 203 cm³/mol. The lowest BCUT2D eigenvalue weighted by atomic mass is 9.82. The van der Waals surface area contributed by atoms with E-state index in [2.05, 4.69) is 38.9 Å². The number of benzene rings is 5. The van der Waals surface area contributed by atoms with Crippen LogP contribution in [0.25, 0.3) is 11.1 Å². The highest BCUT2D eigenvalue weighted by Gasteiger charge is 2.53. The maximum atomic E-state index is 14.6. The maximum absolute atomic E-state index is 14.6.